The number of aliphatic hydroxyl groups excluding tert-OH is 1. The van der Waals surface area contributed by atoms with Crippen molar-refractivity contribution < 1.29 is 14.7 Å². The van der Waals surface area contributed by atoms with E-state index in [2.05, 4.69) is 19.1 Å². The number of aliphatic hydroxyl groups is 1. The quantitative estimate of drug-likeness (QED) is 0.114. The maximum absolute atomic E-state index is 10.6. The molecule has 0 atom stereocenters. The van der Waals surface area contributed by atoms with Crippen molar-refractivity contribution in [2.45, 2.75) is 162 Å². The number of ketones is 2. The molecule has 0 unspecified atom stereocenters. The summed E-state index contributed by atoms with van der Waals surface area (Å²) in [6.45, 7) is 5.93. The lowest BCUT2D eigenvalue weighted by Crippen LogP contribution is -1.90. The Morgan fingerprint density at radius 1 is 0.515 bits per heavy atom. The molecule has 0 saturated carbocycles. The average Bonchev–Trinajstić information content (AvgIpc) is 2.78. The molecule has 3 nitrogen and oxygen atoms in total. The summed E-state index contributed by atoms with van der Waals surface area (Å²) >= 11 is 0. The van der Waals surface area contributed by atoms with E-state index < -0.39 is 0 Å². The fraction of sp³-hybridized carbons (Fsp3) is 0.867. The second-order valence-corrected chi connectivity index (χ2v) is 9.69. The van der Waals surface area contributed by atoms with Gasteiger partial charge in [0.1, 0.15) is 11.6 Å². The SMILES string of the molecule is CC(=O)CCCCCCCCC(C)=O.CCCCCCCC/C=C/CCCCCCCCO. The van der Waals surface area contributed by atoms with Crippen LogP contribution in [0.2, 0.25) is 0 Å². The van der Waals surface area contributed by atoms with Gasteiger partial charge < -0.3 is 14.7 Å². The van der Waals surface area contributed by atoms with Gasteiger partial charge in [0.25, 0.3) is 0 Å². The molecule has 0 saturated heterocycles. The third-order valence-corrected chi connectivity index (χ3v) is 5.98. The van der Waals surface area contributed by atoms with E-state index in [9.17, 15) is 9.59 Å². The number of hydrogen-bond donors (Lipinski definition) is 1. The summed E-state index contributed by atoms with van der Waals surface area (Å²) in [5.74, 6) is 0.586. The lowest BCUT2D eigenvalue weighted by molar-refractivity contribution is -0.118. The van der Waals surface area contributed by atoms with Crippen molar-refractivity contribution in [3.05, 3.63) is 12.2 Å². The van der Waals surface area contributed by atoms with Crippen molar-refractivity contribution in [2.24, 2.45) is 0 Å². The van der Waals surface area contributed by atoms with Crippen LogP contribution < -0.4 is 0 Å². The standard InChI is InChI=1S/C18H36O.C12H22O2/c1-2-3-4-5-6-7-8-9-10-11-12-13-14-15-16-17-18-19;1-11(13)9-7-5-3-4-6-8-10-12(2)14/h9-10,19H,2-8,11-18H2,1H3;3-10H2,1-2H3/b10-9+;. The highest BCUT2D eigenvalue weighted by molar-refractivity contribution is 5.75. The number of unbranched alkanes of at least 4 members (excludes halogenated alkanes) is 17. The average molecular weight is 467 g/mol. The zero-order chi connectivity index (χ0) is 24.8. The maximum Gasteiger partial charge on any atom is 0.129 e. The molecule has 196 valence electrons. The van der Waals surface area contributed by atoms with Gasteiger partial charge in [-0.15, -0.1) is 0 Å². The van der Waals surface area contributed by atoms with E-state index in [1.54, 1.807) is 13.8 Å². The highest BCUT2D eigenvalue weighted by Gasteiger charge is 1.96. The number of carbonyl (C=O) groups excluding carboxylic acids is 2. The number of Topliss-reactive ketones (excluding diaryl/α,β-unsaturated/α-hetero) is 2. The van der Waals surface area contributed by atoms with Gasteiger partial charge in [-0.05, 0) is 58.8 Å². The Balaban J connectivity index is 0. The van der Waals surface area contributed by atoms with Gasteiger partial charge in [0.15, 0.2) is 0 Å². The van der Waals surface area contributed by atoms with Crippen molar-refractivity contribution >= 4 is 11.6 Å². The Morgan fingerprint density at radius 2 is 0.848 bits per heavy atom. The highest BCUT2D eigenvalue weighted by atomic mass is 16.2. The summed E-state index contributed by atoms with van der Waals surface area (Å²) in [6, 6.07) is 0. The van der Waals surface area contributed by atoms with Crippen molar-refractivity contribution in [1.29, 1.82) is 0 Å². The van der Waals surface area contributed by atoms with Gasteiger partial charge in [0.05, 0.1) is 0 Å². The maximum atomic E-state index is 10.6. The largest absolute Gasteiger partial charge is 0.396 e. The molecule has 0 heterocycles. The smallest absolute Gasteiger partial charge is 0.129 e. The Bertz CT molecular complexity index is 408. The fourth-order valence-corrected chi connectivity index (χ4v) is 3.81. The predicted octanol–water partition coefficient (Wildman–Crippen LogP) is 9.30. The molecular formula is C30H58O3. The molecule has 0 amide bonds. The molecule has 3 heteroatoms. The third kappa shape index (κ3) is 38.6. The molecule has 1 N–H and O–H groups in total. The van der Waals surface area contributed by atoms with E-state index in [-0.39, 0.29) is 0 Å². The molecule has 0 aliphatic rings. The van der Waals surface area contributed by atoms with E-state index >= 15 is 0 Å². The molecule has 0 aromatic heterocycles. The Labute approximate surface area is 207 Å². The van der Waals surface area contributed by atoms with Gasteiger partial charge >= 0.3 is 0 Å². The molecule has 0 fully saturated rings. The molecule has 0 rings (SSSR count). The first kappa shape index (κ1) is 34.2. The minimum atomic E-state index is 0.293. The second kappa shape index (κ2) is 31.0. The van der Waals surface area contributed by atoms with Gasteiger partial charge in [0.2, 0.25) is 0 Å². The minimum absolute atomic E-state index is 0.293. The molecule has 0 aliphatic carbocycles. The Morgan fingerprint density at radius 3 is 1.21 bits per heavy atom. The van der Waals surface area contributed by atoms with Gasteiger partial charge in [0, 0.05) is 19.4 Å². The first-order chi connectivity index (χ1) is 16.0. The van der Waals surface area contributed by atoms with Crippen LogP contribution in [0.4, 0.5) is 0 Å². The molecule has 0 radical (unpaired) electrons. The van der Waals surface area contributed by atoms with Crippen LogP contribution in [0.25, 0.3) is 0 Å². The molecule has 0 aromatic carbocycles. The van der Waals surface area contributed by atoms with Crippen LogP contribution in [-0.2, 0) is 9.59 Å². The van der Waals surface area contributed by atoms with Gasteiger partial charge in [-0.25, -0.2) is 0 Å². The van der Waals surface area contributed by atoms with E-state index in [4.69, 9.17) is 5.11 Å². The summed E-state index contributed by atoms with van der Waals surface area (Å²) in [5, 5.41) is 8.66. The molecule has 0 bridgehead atoms. The normalized spacial score (nSPS) is 10.9. The summed E-state index contributed by atoms with van der Waals surface area (Å²) in [7, 11) is 0. The topological polar surface area (TPSA) is 54.4 Å². The van der Waals surface area contributed by atoms with Gasteiger partial charge in [-0.3, -0.25) is 0 Å². The van der Waals surface area contributed by atoms with Gasteiger partial charge in [-0.2, -0.15) is 0 Å². The number of allylic oxidation sites excluding steroid dienone is 2. The summed E-state index contributed by atoms with van der Waals surface area (Å²) in [5.41, 5.74) is 0. The van der Waals surface area contributed by atoms with Crippen LogP contribution >= 0.6 is 0 Å². The molecule has 33 heavy (non-hydrogen) atoms. The van der Waals surface area contributed by atoms with E-state index in [0.29, 0.717) is 18.2 Å². The van der Waals surface area contributed by atoms with E-state index in [1.807, 2.05) is 0 Å². The van der Waals surface area contributed by atoms with Crippen molar-refractivity contribution in [2.75, 3.05) is 6.61 Å². The van der Waals surface area contributed by atoms with Crippen LogP contribution in [0.15, 0.2) is 12.2 Å². The van der Waals surface area contributed by atoms with E-state index in [1.165, 1.54) is 96.3 Å². The summed E-state index contributed by atoms with van der Waals surface area (Å²) in [4.78, 5) is 21.2. The fourth-order valence-electron chi connectivity index (χ4n) is 3.81. The second-order valence-electron chi connectivity index (χ2n) is 9.69. The van der Waals surface area contributed by atoms with Crippen LogP contribution in [0, 0.1) is 0 Å². The third-order valence-electron chi connectivity index (χ3n) is 5.98. The number of carbonyl (C=O) groups is 2. The number of rotatable bonds is 24. The molecule has 0 spiro atoms. The summed E-state index contributed by atoms with van der Waals surface area (Å²) in [6.07, 6.45) is 31.4. The molecule has 0 aromatic rings. The number of hydrogen-bond acceptors (Lipinski definition) is 3. The Hall–Kier alpha value is -0.960. The summed E-state index contributed by atoms with van der Waals surface area (Å²) < 4.78 is 0. The highest BCUT2D eigenvalue weighted by Crippen LogP contribution is 2.10. The Kier molecular flexibility index (Phi) is 32.2. The van der Waals surface area contributed by atoms with Crippen LogP contribution in [-0.4, -0.2) is 23.3 Å². The minimum Gasteiger partial charge on any atom is -0.396 e. The lowest BCUT2D eigenvalue weighted by atomic mass is 10.1. The van der Waals surface area contributed by atoms with Crippen LogP contribution in [0.5, 0.6) is 0 Å². The zero-order valence-corrected chi connectivity index (χ0v) is 22.7. The lowest BCUT2D eigenvalue weighted by Gasteiger charge is -1.99. The van der Waals surface area contributed by atoms with Gasteiger partial charge in [-0.1, -0.05) is 103 Å². The first-order valence-corrected chi connectivity index (χ1v) is 14.3. The molecule has 0 aliphatic heterocycles. The van der Waals surface area contributed by atoms with Crippen LogP contribution in [0.3, 0.4) is 0 Å². The van der Waals surface area contributed by atoms with Crippen molar-refractivity contribution in [3.8, 4) is 0 Å². The monoisotopic (exact) mass is 466 g/mol. The van der Waals surface area contributed by atoms with Crippen LogP contribution in [0.1, 0.15) is 162 Å². The van der Waals surface area contributed by atoms with E-state index in [0.717, 1.165) is 44.9 Å². The van der Waals surface area contributed by atoms with Crippen molar-refractivity contribution in [1.82, 2.24) is 0 Å². The first-order valence-electron chi connectivity index (χ1n) is 14.3. The van der Waals surface area contributed by atoms with Crippen molar-refractivity contribution in [3.63, 3.8) is 0 Å². The molecular weight excluding hydrogens is 408 g/mol. The zero-order valence-electron chi connectivity index (χ0n) is 22.7. The predicted molar refractivity (Wildman–Crippen MR) is 145 cm³/mol.